The highest BCUT2D eigenvalue weighted by Crippen LogP contribution is 2.40. The summed E-state index contributed by atoms with van der Waals surface area (Å²) >= 11 is 0. The lowest BCUT2D eigenvalue weighted by molar-refractivity contribution is -0.125. The van der Waals surface area contributed by atoms with Crippen molar-refractivity contribution in [1.82, 2.24) is 10.2 Å². The standard InChI is InChI=1S/C24H32N2O5/c1-16(25-23(27)15-28-2)24-20-13-22(31-5)21(30-4)12-18(20)9-10-26(24)14-17-7-6-8-19(11-17)29-3/h6-8,11-13,16,24H,9-10,14-15H2,1-5H3,(H,25,27). The molecule has 0 radical (unpaired) electrons. The molecular formula is C24H32N2O5. The highest BCUT2D eigenvalue weighted by molar-refractivity contribution is 5.77. The highest BCUT2D eigenvalue weighted by atomic mass is 16.5. The van der Waals surface area contributed by atoms with Gasteiger partial charge in [-0.15, -0.1) is 0 Å². The molecule has 0 fully saturated rings. The predicted octanol–water partition coefficient (Wildman–Crippen LogP) is 2.96. The molecule has 0 aliphatic carbocycles. The number of rotatable bonds is 9. The van der Waals surface area contributed by atoms with Crippen LogP contribution in [0.15, 0.2) is 36.4 Å². The Kier molecular flexibility index (Phi) is 7.76. The minimum atomic E-state index is -0.135. The third-order valence-electron chi connectivity index (χ3n) is 5.68. The van der Waals surface area contributed by atoms with Gasteiger partial charge in [-0.25, -0.2) is 0 Å². The molecule has 31 heavy (non-hydrogen) atoms. The molecule has 0 saturated heterocycles. The molecule has 168 valence electrons. The van der Waals surface area contributed by atoms with Gasteiger partial charge >= 0.3 is 0 Å². The summed E-state index contributed by atoms with van der Waals surface area (Å²) in [6, 6.07) is 12.0. The molecule has 3 rings (SSSR count). The van der Waals surface area contributed by atoms with Crippen molar-refractivity contribution in [2.45, 2.75) is 32.0 Å². The van der Waals surface area contributed by atoms with Crippen molar-refractivity contribution in [2.24, 2.45) is 0 Å². The molecule has 2 unspecified atom stereocenters. The Morgan fingerprint density at radius 1 is 1.10 bits per heavy atom. The number of fused-ring (bicyclic) bond motifs is 1. The van der Waals surface area contributed by atoms with Crippen LogP contribution in [0.4, 0.5) is 0 Å². The minimum absolute atomic E-state index is 0.0319. The summed E-state index contributed by atoms with van der Waals surface area (Å²) in [6.45, 7) is 3.66. The molecule has 1 amide bonds. The topological polar surface area (TPSA) is 69.3 Å². The highest BCUT2D eigenvalue weighted by Gasteiger charge is 2.33. The number of carbonyl (C=O) groups is 1. The molecular weight excluding hydrogens is 396 g/mol. The molecule has 1 N–H and O–H groups in total. The van der Waals surface area contributed by atoms with Crippen LogP contribution in [0.3, 0.4) is 0 Å². The molecule has 0 spiro atoms. The summed E-state index contributed by atoms with van der Waals surface area (Å²) in [5.74, 6) is 2.10. The van der Waals surface area contributed by atoms with Crippen LogP contribution in [0.5, 0.6) is 17.2 Å². The third-order valence-corrected chi connectivity index (χ3v) is 5.68. The van der Waals surface area contributed by atoms with Crippen LogP contribution >= 0.6 is 0 Å². The zero-order chi connectivity index (χ0) is 22.4. The number of methoxy groups -OCH3 is 4. The van der Waals surface area contributed by atoms with Gasteiger partial charge in [0.25, 0.3) is 0 Å². The summed E-state index contributed by atoms with van der Waals surface area (Å²) in [5.41, 5.74) is 3.50. The number of carbonyl (C=O) groups excluding carboxylic acids is 1. The van der Waals surface area contributed by atoms with Gasteiger partial charge in [0.1, 0.15) is 12.4 Å². The maximum atomic E-state index is 12.3. The third kappa shape index (κ3) is 5.29. The molecule has 0 saturated carbocycles. The lowest BCUT2D eigenvalue weighted by Crippen LogP contribution is -2.48. The first-order valence-corrected chi connectivity index (χ1v) is 10.4. The Morgan fingerprint density at radius 3 is 2.52 bits per heavy atom. The molecule has 2 aromatic carbocycles. The first kappa shape index (κ1) is 22.9. The van der Waals surface area contributed by atoms with Crippen LogP contribution in [0.2, 0.25) is 0 Å². The molecule has 7 heteroatoms. The summed E-state index contributed by atoms with van der Waals surface area (Å²) in [7, 11) is 6.48. The summed E-state index contributed by atoms with van der Waals surface area (Å²) in [6.07, 6.45) is 0.884. The van der Waals surface area contributed by atoms with Crippen molar-refractivity contribution >= 4 is 5.91 Å². The van der Waals surface area contributed by atoms with E-state index in [9.17, 15) is 4.79 Å². The van der Waals surface area contributed by atoms with Gasteiger partial charge in [-0.2, -0.15) is 0 Å². The Balaban J connectivity index is 1.97. The van der Waals surface area contributed by atoms with Crippen LogP contribution in [0.25, 0.3) is 0 Å². The van der Waals surface area contributed by atoms with Crippen LogP contribution in [0.1, 0.15) is 29.7 Å². The minimum Gasteiger partial charge on any atom is -0.497 e. The molecule has 1 aliphatic rings. The van der Waals surface area contributed by atoms with E-state index in [4.69, 9.17) is 18.9 Å². The van der Waals surface area contributed by atoms with E-state index in [1.807, 2.05) is 31.2 Å². The lowest BCUT2D eigenvalue weighted by Gasteiger charge is -2.41. The molecule has 0 aromatic heterocycles. The summed E-state index contributed by atoms with van der Waals surface area (Å²) in [5, 5.41) is 3.09. The SMILES string of the molecule is COCC(=O)NC(C)C1c2cc(OC)c(OC)cc2CCN1Cc1cccc(OC)c1. The number of hydrogen-bond acceptors (Lipinski definition) is 6. The molecule has 2 atom stereocenters. The second kappa shape index (κ2) is 10.5. The number of benzene rings is 2. The van der Waals surface area contributed by atoms with Gasteiger partial charge in [-0.05, 0) is 54.3 Å². The van der Waals surface area contributed by atoms with E-state index in [2.05, 4.69) is 22.3 Å². The van der Waals surface area contributed by atoms with Crippen LogP contribution in [-0.4, -0.2) is 58.4 Å². The van der Waals surface area contributed by atoms with Crippen LogP contribution in [-0.2, 0) is 22.5 Å². The van der Waals surface area contributed by atoms with E-state index in [0.717, 1.165) is 42.1 Å². The number of hydrogen-bond donors (Lipinski definition) is 1. The average molecular weight is 429 g/mol. The first-order valence-electron chi connectivity index (χ1n) is 10.4. The second-order valence-electron chi connectivity index (χ2n) is 7.71. The fourth-order valence-electron chi connectivity index (χ4n) is 4.30. The van der Waals surface area contributed by atoms with Crippen molar-refractivity contribution in [3.63, 3.8) is 0 Å². The smallest absolute Gasteiger partial charge is 0.246 e. The average Bonchev–Trinajstić information content (AvgIpc) is 2.78. The zero-order valence-electron chi connectivity index (χ0n) is 18.9. The van der Waals surface area contributed by atoms with Crippen LogP contribution < -0.4 is 19.5 Å². The van der Waals surface area contributed by atoms with Crippen molar-refractivity contribution in [2.75, 3.05) is 41.6 Å². The van der Waals surface area contributed by atoms with Crippen molar-refractivity contribution < 1.29 is 23.7 Å². The van der Waals surface area contributed by atoms with E-state index in [1.54, 1.807) is 21.3 Å². The molecule has 1 heterocycles. The number of ether oxygens (including phenoxy) is 4. The molecule has 0 bridgehead atoms. The summed E-state index contributed by atoms with van der Waals surface area (Å²) < 4.78 is 21.5. The molecule has 1 aliphatic heterocycles. The van der Waals surface area contributed by atoms with Gasteiger partial charge in [-0.1, -0.05) is 12.1 Å². The molecule has 2 aromatic rings. The summed E-state index contributed by atoms with van der Waals surface area (Å²) in [4.78, 5) is 14.7. The van der Waals surface area contributed by atoms with Crippen molar-refractivity contribution in [3.05, 3.63) is 53.1 Å². The zero-order valence-corrected chi connectivity index (χ0v) is 18.9. The number of amides is 1. The van der Waals surface area contributed by atoms with E-state index in [1.165, 1.54) is 12.7 Å². The lowest BCUT2D eigenvalue weighted by atomic mass is 9.87. The first-order chi connectivity index (χ1) is 15.0. The van der Waals surface area contributed by atoms with Gasteiger partial charge in [-0.3, -0.25) is 9.69 Å². The van der Waals surface area contributed by atoms with E-state index in [-0.39, 0.29) is 24.6 Å². The maximum absolute atomic E-state index is 12.3. The van der Waals surface area contributed by atoms with Crippen LogP contribution in [0, 0.1) is 0 Å². The Labute approximate surface area is 184 Å². The quantitative estimate of drug-likeness (QED) is 0.662. The van der Waals surface area contributed by atoms with Gasteiger partial charge in [0.15, 0.2) is 11.5 Å². The van der Waals surface area contributed by atoms with Gasteiger partial charge in [0.05, 0.1) is 27.4 Å². The monoisotopic (exact) mass is 428 g/mol. The Morgan fingerprint density at radius 2 is 1.84 bits per heavy atom. The van der Waals surface area contributed by atoms with Gasteiger partial charge in [0.2, 0.25) is 5.91 Å². The predicted molar refractivity (Wildman–Crippen MR) is 119 cm³/mol. The van der Waals surface area contributed by atoms with E-state index in [0.29, 0.717) is 5.75 Å². The van der Waals surface area contributed by atoms with Crippen molar-refractivity contribution in [3.8, 4) is 17.2 Å². The Hall–Kier alpha value is -2.77. The number of nitrogens with one attached hydrogen (secondary N) is 1. The Bertz CT molecular complexity index is 902. The van der Waals surface area contributed by atoms with E-state index < -0.39 is 0 Å². The second-order valence-corrected chi connectivity index (χ2v) is 7.71. The largest absolute Gasteiger partial charge is 0.497 e. The fraction of sp³-hybridized carbons (Fsp3) is 0.458. The number of nitrogens with zero attached hydrogens (tertiary/aromatic N) is 1. The van der Waals surface area contributed by atoms with Gasteiger partial charge in [0, 0.05) is 26.2 Å². The van der Waals surface area contributed by atoms with Gasteiger partial charge < -0.3 is 24.3 Å². The maximum Gasteiger partial charge on any atom is 0.246 e. The van der Waals surface area contributed by atoms with E-state index >= 15 is 0 Å². The molecule has 7 nitrogen and oxygen atoms in total. The fourth-order valence-corrected chi connectivity index (χ4v) is 4.30. The normalized spacial score (nSPS) is 16.9. The van der Waals surface area contributed by atoms with Crippen molar-refractivity contribution in [1.29, 1.82) is 0 Å².